The van der Waals surface area contributed by atoms with Crippen LogP contribution in [0.3, 0.4) is 0 Å². The van der Waals surface area contributed by atoms with E-state index in [9.17, 15) is 0 Å². The van der Waals surface area contributed by atoms with Gasteiger partial charge in [-0.15, -0.1) is 0 Å². The van der Waals surface area contributed by atoms with Crippen molar-refractivity contribution in [2.45, 2.75) is 32.1 Å². The summed E-state index contributed by atoms with van der Waals surface area (Å²) in [5, 5.41) is 0. The molecule has 1 nitrogen and oxygen atoms in total. The van der Waals surface area contributed by atoms with Gasteiger partial charge >= 0.3 is 0 Å². The van der Waals surface area contributed by atoms with Crippen LogP contribution in [0, 0.1) is 0 Å². The number of thiocarbonyl (C=S) groups is 1. The maximum absolute atomic E-state index is 4.88. The van der Waals surface area contributed by atoms with E-state index in [1.807, 2.05) is 5.49 Å². The van der Waals surface area contributed by atoms with Crippen molar-refractivity contribution in [3.63, 3.8) is 0 Å². The fourth-order valence-corrected chi connectivity index (χ4v) is 1.59. The van der Waals surface area contributed by atoms with E-state index in [0.29, 0.717) is 0 Å². The van der Waals surface area contributed by atoms with Gasteiger partial charge in [-0.1, -0.05) is 31.5 Å². The molecule has 10 heavy (non-hydrogen) atoms. The minimum atomic E-state index is 1.18. The third kappa shape index (κ3) is 2.65. The zero-order valence-corrected chi connectivity index (χ0v) is 7.20. The average Bonchev–Trinajstić information content (AvgIpc) is 1.87. The first-order valence-corrected chi connectivity index (χ1v) is 4.60. The Morgan fingerprint density at radius 3 is 1.90 bits per heavy atom. The molecule has 0 unspecified atom stereocenters. The van der Waals surface area contributed by atoms with Crippen molar-refractivity contribution in [2.24, 2.45) is 0 Å². The quantitative estimate of drug-likeness (QED) is 0.537. The molecule has 0 aliphatic carbocycles. The van der Waals surface area contributed by atoms with E-state index in [0.717, 1.165) is 0 Å². The van der Waals surface area contributed by atoms with Crippen molar-refractivity contribution >= 4 is 17.7 Å². The molecule has 1 heterocycles. The topological polar surface area (TPSA) is 3.24 Å². The van der Waals surface area contributed by atoms with E-state index < -0.39 is 0 Å². The Morgan fingerprint density at radius 2 is 1.40 bits per heavy atom. The molecule has 0 atom stereocenters. The zero-order chi connectivity index (χ0) is 7.23. The molecular weight excluding hydrogens is 142 g/mol. The van der Waals surface area contributed by atoms with E-state index in [2.05, 4.69) is 4.90 Å². The van der Waals surface area contributed by atoms with Gasteiger partial charge in [0, 0.05) is 13.1 Å². The number of nitrogens with zero attached hydrogens (tertiary/aromatic N) is 1. The Balaban J connectivity index is 2.22. The average molecular weight is 157 g/mol. The van der Waals surface area contributed by atoms with E-state index in [-0.39, 0.29) is 0 Å². The molecule has 0 amide bonds. The molecule has 2 heteroatoms. The lowest BCUT2D eigenvalue weighted by Gasteiger charge is -2.20. The van der Waals surface area contributed by atoms with Gasteiger partial charge < -0.3 is 4.90 Å². The van der Waals surface area contributed by atoms with Gasteiger partial charge in [0.15, 0.2) is 0 Å². The Bertz CT molecular complexity index is 95.4. The third-order valence-corrected chi connectivity index (χ3v) is 2.34. The summed E-state index contributed by atoms with van der Waals surface area (Å²) in [6.07, 6.45) is 6.85. The number of likely N-dealkylation sites (tertiary alicyclic amines) is 1. The largest absolute Gasteiger partial charge is 0.369 e. The van der Waals surface area contributed by atoms with Crippen LogP contribution in [0.5, 0.6) is 0 Å². The minimum absolute atomic E-state index is 1.18. The molecule has 1 rings (SSSR count). The summed E-state index contributed by atoms with van der Waals surface area (Å²) in [6.45, 7) is 2.37. The SMILES string of the molecule is S=CN1CCCCCCC1. The summed E-state index contributed by atoms with van der Waals surface area (Å²) >= 11 is 4.88. The second-order valence-corrected chi connectivity index (χ2v) is 3.12. The van der Waals surface area contributed by atoms with Gasteiger partial charge in [-0.3, -0.25) is 0 Å². The van der Waals surface area contributed by atoms with Gasteiger partial charge in [0.25, 0.3) is 0 Å². The summed E-state index contributed by atoms with van der Waals surface area (Å²) in [5.74, 6) is 0. The van der Waals surface area contributed by atoms with Crippen LogP contribution in [0.2, 0.25) is 0 Å². The minimum Gasteiger partial charge on any atom is -0.369 e. The number of hydrogen-bond acceptors (Lipinski definition) is 1. The van der Waals surface area contributed by atoms with Gasteiger partial charge in [0.1, 0.15) is 0 Å². The van der Waals surface area contributed by atoms with Gasteiger partial charge in [-0.05, 0) is 12.8 Å². The van der Waals surface area contributed by atoms with Gasteiger partial charge in [-0.25, -0.2) is 0 Å². The van der Waals surface area contributed by atoms with Crippen LogP contribution < -0.4 is 0 Å². The Kier molecular flexibility index (Phi) is 3.73. The highest BCUT2D eigenvalue weighted by molar-refractivity contribution is 7.78. The lowest BCUT2D eigenvalue weighted by Crippen LogP contribution is -2.24. The van der Waals surface area contributed by atoms with Crippen molar-refractivity contribution in [2.75, 3.05) is 13.1 Å². The smallest absolute Gasteiger partial charge is 0.0640 e. The number of rotatable bonds is 1. The molecule has 58 valence electrons. The van der Waals surface area contributed by atoms with Crippen molar-refractivity contribution in [1.82, 2.24) is 4.90 Å². The molecule has 0 aromatic rings. The Morgan fingerprint density at radius 1 is 0.900 bits per heavy atom. The molecule has 1 aliphatic rings. The van der Waals surface area contributed by atoms with Crippen LogP contribution in [0.25, 0.3) is 0 Å². The molecule has 1 fully saturated rings. The van der Waals surface area contributed by atoms with Gasteiger partial charge in [0.2, 0.25) is 0 Å². The van der Waals surface area contributed by atoms with Crippen LogP contribution in [0.4, 0.5) is 0 Å². The molecule has 0 radical (unpaired) electrons. The second-order valence-electron chi connectivity index (χ2n) is 2.91. The Hall–Kier alpha value is -0.110. The van der Waals surface area contributed by atoms with Crippen molar-refractivity contribution in [3.05, 3.63) is 0 Å². The van der Waals surface area contributed by atoms with Crippen LogP contribution >= 0.6 is 12.2 Å². The van der Waals surface area contributed by atoms with E-state index in [1.54, 1.807) is 0 Å². The fourth-order valence-electron chi connectivity index (χ4n) is 1.38. The molecule has 0 aromatic carbocycles. The highest BCUT2D eigenvalue weighted by Crippen LogP contribution is 2.08. The molecule has 0 aromatic heterocycles. The molecule has 0 spiro atoms. The predicted octanol–water partition coefficient (Wildman–Crippen LogP) is 2.21. The number of hydrogen-bond donors (Lipinski definition) is 0. The van der Waals surface area contributed by atoms with Crippen LogP contribution in [0.1, 0.15) is 32.1 Å². The maximum atomic E-state index is 4.88. The Labute approximate surface area is 68.4 Å². The van der Waals surface area contributed by atoms with Crippen LogP contribution in [0.15, 0.2) is 0 Å². The van der Waals surface area contributed by atoms with Gasteiger partial charge in [0.05, 0.1) is 5.49 Å². The van der Waals surface area contributed by atoms with Crippen molar-refractivity contribution < 1.29 is 0 Å². The van der Waals surface area contributed by atoms with Gasteiger partial charge in [-0.2, -0.15) is 0 Å². The maximum Gasteiger partial charge on any atom is 0.0640 e. The van der Waals surface area contributed by atoms with Crippen molar-refractivity contribution in [3.8, 4) is 0 Å². The first kappa shape index (κ1) is 7.99. The molecule has 0 bridgehead atoms. The summed E-state index contributed by atoms with van der Waals surface area (Å²) in [7, 11) is 0. The van der Waals surface area contributed by atoms with Crippen LogP contribution in [-0.2, 0) is 0 Å². The predicted molar refractivity (Wildman–Crippen MR) is 48.3 cm³/mol. The van der Waals surface area contributed by atoms with Crippen molar-refractivity contribution in [1.29, 1.82) is 0 Å². The summed E-state index contributed by atoms with van der Waals surface area (Å²) in [5.41, 5.74) is 1.81. The zero-order valence-electron chi connectivity index (χ0n) is 6.38. The third-order valence-electron chi connectivity index (χ3n) is 2.04. The molecule has 0 saturated carbocycles. The lowest BCUT2D eigenvalue weighted by atomic mass is 10.1. The lowest BCUT2D eigenvalue weighted by molar-refractivity contribution is 0.374. The summed E-state index contributed by atoms with van der Waals surface area (Å²) in [6, 6.07) is 0. The van der Waals surface area contributed by atoms with E-state index in [4.69, 9.17) is 12.2 Å². The molecule has 0 N–H and O–H groups in total. The first-order chi connectivity index (χ1) is 4.93. The van der Waals surface area contributed by atoms with Crippen LogP contribution in [-0.4, -0.2) is 23.5 Å². The van der Waals surface area contributed by atoms with E-state index >= 15 is 0 Å². The summed E-state index contributed by atoms with van der Waals surface area (Å²) < 4.78 is 0. The fraction of sp³-hybridized carbons (Fsp3) is 0.875. The normalized spacial score (nSPS) is 21.4. The monoisotopic (exact) mass is 157 g/mol. The highest BCUT2D eigenvalue weighted by Gasteiger charge is 2.02. The molecule has 1 aliphatic heterocycles. The molecule has 1 saturated heterocycles. The second kappa shape index (κ2) is 4.67. The highest BCUT2D eigenvalue weighted by atomic mass is 32.1. The van der Waals surface area contributed by atoms with E-state index in [1.165, 1.54) is 45.2 Å². The summed E-state index contributed by atoms with van der Waals surface area (Å²) in [4.78, 5) is 2.26. The first-order valence-electron chi connectivity index (χ1n) is 4.13. The molecular formula is C8H15NS. The standard InChI is InChI=1S/C8H15NS/c10-8-9-6-4-2-1-3-5-7-9/h8H,1-7H2.